The van der Waals surface area contributed by atoms with Gasteiger partial charge in [0, 0.05) is 11.3 Å². The zero-order valence-corrected chi connectivity index (χ0v) is 18.9. The molecular weight excluding hydrogens is 408 g/mol. The second-order valence-corrected chi connectivity index (χ2v) is 8.76. The van der Waals surface area contributed by atoms with Crippen molar-refractivity contribution in [3.05, 3.63) is 78.9 Å². The Morgan fingerprint density at radius 2 is 1.55 bits per heavy atom. The molecule has 6 heteroatoms. The molecule has 5 nitrogen and oxygen atoms in total. The number of thioether (sulfide) groups is 1. The SMILES string of the molecule is C=CC(=O)[C@H](Cc1ccccc1)NC(=O)[C@H](CC(C)C)NC(=O)CSc1ccccc1. The number of hydrogen-bond donors (Lipinski definition) is 2. The quantitative estimate of drug-likeness (QED) is 0.391. The molecule has 0 heterocycles. The molecule has 2 aromatic rings. The van der Waals surface area contributed by atoms with E-state index in [1.807, 2.05) is 74.5 Å². The van der Waals surface area contributed by atoms with Gasteiger partial charge < -0.3 is 10.6 Å². The fourth-order valence-corrected chi connectivity index (χ4v) is 3.82. The van der Waals surface area contributed by atoms with Crippen molar-refractivity contribution in [2.75, 3.05) is 5.75 Å². The van der Waals surface area contributed by atoms with Crippen LogP contribution in [-0.2, 0) is 20.8 Å². The topological polar surface area (TPSA) is 75.3 Å². The first kappa shape index (κ1) is 24.4. The molecule has 0 radical (unpaired) electrons. The summed E-state index contributed by atoms with van der Waals surface area (Å²) < 4.78 is 0. The summed E-state index contributed by atoms with van der Waals surface area (Å²) in [6, 6.07) is 17.7. The molecule has 2 N–H and O–H groups in total. The Kier molecular flexibility index (Phi) is 10.0. The fraction of sp³-hybridized carbons (Fsp3) is 0.320. The molecule has 0 spiro atoms. The lowest BCUT2D eigenvalue weighted by molar-refractivity contribution is -0.130. The summed E-state index contributed by atoms with van der Waals surface area (Å²) >= 11 is 1.41. The summed E-state index contributed by atoms with van der Waals surface area (Å²) in [5.74, 6) is -0.426. The molecule has 0 saturated heterocycles. The van der Waals surface area contributed by atoms with Gasteiger partial charge in [0.2, 0.25) is 11.8 Å². The number of rotatable bonds is 12. The number of nitrogens with one attached hydrogen (secondary N) is 2. The molecule has 0 aromatic heterocycles. The van der Waals surface area contributed by atoms with Gasteiger partial charge in [0.25, 0.3) is 0 Å². The highest BCUT2D eigenvalue weighted by Crippen LogP contribution is 2.16. The Balaban J connectivity index is 2.02. The Labute approximate surface area is 188 Å². The molecule has 0 aliphatic heterocycles. The van der Waals surface area contributed by atoms with Crippen molar-refractivity contribution in [3.8, 4) is 0 Å². The highest BCUT2D eigenvalue weighted by atomic mass is 32.2. The van der Waals surface area contributed by atoms with Crippen molar-refractivity contribution in [2.24, 2.45) is 5.92 Å². The third-order valence-electron chi connectivity index (χ3n) is 4.62. The van der Waals surface area contributed by atoms with Crippen LogP contribution >= 0.6 is 11.8 Å². The van der Waals surface area contributed by atoms with E-state index in [-0.39, 0.29) is 29.3 Å². The number of hydrogen-bond acceptors (Lipinski definition) is 4. The van der Waals surface area contributed by atoms with Crippen LogP contribution in [0.4, 0.5) is 0 Å². The van der Waals surface area contributed by atoms with E-state index < -0.39 is 12.1 Å². The maximum atomic E-state index is 13.0. The first-order chi connectivity index (χ1) is 14.9. The van der Waals surface area contributed by atoms with Crippen LogP contribution in [0.2, 0.25) is 0 Å². The number of benzene rings is 2. The molecule has 0 saturated carbocycles. The summed E-state index contributed by atoms with van der Waals surface area (Å²) in [5, 5.41) is 5.66. The average Bonchev–Trinajstić information content (AvgIpc) is 2.77. The van der Waals surface area contributed by atoms with E-state index in [0.29, 0.717) is 12.8 Å². The van der Waals surface area contributed by atoms with Gasteiger partial charge in [-0.1, -0.05) is 69.0 Å². The lowest BCUT2D eigenvalue weighted by atomic mass is 9.99. The molecule has 31 heavy (non-hydrogen) atoms. The van der Waals surface area contributed by atoms with Gasteiger partial charge in [-0.05, 0) is 36.1 Å². The third kappa shape index (κ3) is 8.80. The summed E-state index contributed by atoms with van der Waals surface area (Å²) in [5.41, 5.74) is 0.937. The van der Waals surface area contributed by atoms with E-state index in [1.54, 1.807) is 0 Å². The predicted octanol–water partition coefficient (Wildman–Crippen LogP) is 3.79. The van der Waals surface area contributed by atoms with Gasteiger partial charge in [-0.2, -0.15) is 0 Å². The van der Waals surface area contributed by atoms with Gasteiger partial charge in [0.15, 0.2) is 5.78 Å². The van der Waals surface area contributed by atoms with Crippen LogP contribution in [0.15, 0.2) is 78.2 Å². The largest absolute Gasteiger partial charge is 0.344 e. The Hall–Kier alpha value is -2.86. The van der Waals surface area contributed by atoms with Crippen LogP contribution in [0.1, 0.15) is 25.8 Å². The maximum absolute atomic E-state index is 13.0. The standard InChI is InChI=1S/C25H30N2O3S/c1-4-23(28)21(16-19-11-7-5-8-12-19)27-25(30)22(15-18(2)3)26-24(29)17-31-20-13-9-6-10-14-20/h4-14,18,21-22H,1,15-17H2,2-3H3,(H,26,29)(H,27,30)/t21-,22-/m0/s1. The minimum Gasteiger partial charge on any atom is -0.344 e. The summed E-state index contributed by atoms with van der Waals surface area (Å²) in [4.78, 5) is 38.8. The minimum absolute atomic E-state index is 0.195. The van der Waals surface area contributed by atoms with Crippen LogP contribution in [0, 0.1) is 5.92 Å². The van der Waals surface area contributed by atoms with Gasteiger partial charge in [0.1, 0.15) is 6.04 Å². The maximum Gasteiger partial charge on any atom is 0.243 e. The summed E-state index contributed by atoms with van der Waals surface area (Å²) in [6.07, 6.45) is 2.07. The van der Waals surface area contributed by atoms with Crippen LogP contribution in [0.25, 0.3) is 0 Å². The van der Waals surface area contributed by atoms with Crippen LogP contribution in [0.5, 0.6) is 0 Å². The second-order valence-electron chi connectivity index (χ2n) is 7.71. The van der Waals surface area contributed by atoms with E-state index in [0.717, 1.165) is 10.5 Å². The van der Waals surface area contributed by atoms with E-state index >= 15 is 0 Å². The van der Waals surface area contributed by atoms with Crippen molar-refractivity contribution in [2.45, 2.75) is 43.7 Å². The van der Waals surface area contributed by atoms with Gasteiger partial charge in [-0.25, -0.2) is 0 Å². The smallest absolute Gasteiger partial charge is 0.243 e. The van der Waals surface area contributed by atoms with E-state index in [9.17, 15) is 14.4 Å². The Morgan fingerprint density at radius 1 is 0.935 bits per heavy atom. The predicted molar refractivity (Wildman–Crippen MR) is 126 cm³/mol. The molecule has 164 valence electrons. The van der Waals surface area contributed by atoms with Crippen LogP contribution < -0.4 is 10.6 Å². The van der Waals surface area contributed by atoms with Gasteiger partial charge in [-0.3, -0.25) is 14.4 Å². The van der Waals surface area contributed by atoms with E-state index in [1.165, 1.54) is 17.8 Å². The van der Waals surface area contributed by atoms with E-state index in [2.05, 4.69) is 17.2 Å². The van der Waals surface area contributed by atoms with Crippen molar-refractivity contribution < 1.29 is 14.4 Å². The monoisotopic (exact) mass is 438 g/mol. The molecule has 2 atom stereocenters. The van der Waals surface area contributed by atoms with Crippen LogP contribution in [0.3, 0.4) is 0 Å². The molecule has 2 aromatic carbocycles. The molecule has 0 aliphatic carbocycles. The summed E-state index contributed by atoms with van der Waals surface area (Å²) in [6.45, 7) is 7.53. The fourth-order valence-electron chi connectivity index (χ4n) is 3.09. The lowest BCUT2D eigenvalue weighted by Gasteiger charge is -2.23. The average molecular weight is 439 g/mol. The molecule has 0 unspecified atom stereocenters. The van der Waals surface area contributed by atoms with Crippen molar-refractivity contribution in [1.82, 2.24) is 10.6 Å². The van der Waals surface area contributed by atoms with Crippen molar-refractivity contribution in [1.29, 1.82) is 0 Å². The third-order valence-corrected chi connectivity index (χ3v) is 5.63. The zero-order valence-electron chi connectivity index (χ0n) is 18.0. The molecule has 2 amide bonds. The Morgan fingerprint density at radius 3 is 2.13 bits per heavy atom. The lowest BCUT2D eigenvalue weighted by Crippen LogP contribution is -2.52. The number of carbonyl (C=O) groups is 3. The van der Waals surface area contributed by atoms with E-state index in [4.69, 9.17) is 0 Å². The summed E-state index contributed by atoms with van der Waals surface area (Å²) in [7, 11) is 0. The van der Waals surface area contributed by atoms with Gasteiger partial charge in [0.05, 0.1) is 11.8 Å². The van der Waals surface area contributed by atoms with Crippen molar-refractivity contribution >= 4 is 29.4 Å². The zero-order chi connectivity index (χ0) is 22.6. The normalized spacial score (nSPS) is 12.6. The van der Waals surface area contributed by atoms with Gasteiger partial charge >= 0.3 is 0 Å². The molecule has 0 bridgehead atoms. The number of amides is 2. The minimum atomic E-state index is -0.724. The number of carbonyl (C=O) groups excluding carboxylic acids is 3. The first-order valence-electron chi connectivity index (χ1n) is 10.4. The van der Waals surface area contributed by atoms with Gasteiger partial charge in [-0.15, -0.1) is 11.8 Å². The highest BCUT2D eigenvalue weighted by molar-refractivity contribution is 8.00. The van der Waals surface area contributed by atoms with Crippen LogP contribution in [-0.4, -0.2) is 35.4 Å². The first-order valence-corrected chi connectivity index (χ1v) is 11.4. The molecular formula is C25H30N2O3S. The molecule has 2 rings (SSSR count). The second kappa shape index (κ2) is 12.7. The Bertz CT molecular complexity index is 869. The molecule has 0 fully saturated rings. The number of ketones is 1. The molecule has 0 aliphatic rings. The highest BCUT2D eigenvalue weighted by Gasteiger charge is 2.26. The van der Waals surface area contributed by atoms with Crippen molar-refractivity contribution in [3.63, 3.8) is 0 Å².